The molecular formula is C17H31N5. The maximum atomic E-state index is 5.88. The number of aromatic nitrogens is 2. The number of aryl methyl sites for hydroxylation is 1. The fourth-order valence-corrected chi connectivity index (χ4v) is 3.20. The van der Waals surface area contributed by atoms with Gasteiger partial charge in [0, 0.05) is 25.0 Å². The van der Waals surface area contributed by atoms with Crippen LogP contribution in [0.4, 0.5) is 0 Å². The molecule has 0 amide bonds. The average Bonchev–Trinajstić information content (AvgIpc) is 3.06. The first-order valence-corrected chi connectivity index (χ1v) is 8.85. The number of H-pyrrole nitrogens is 1. The van der Waals surface area contributed by atoms with Gasteiger partial charge in [-0.3, -0.25) is 4.99 Å². The molecule has 0 unspecified atom stereocenters. The number of guanidine groups is 1. The van der Waals surface area contributed by atoms with Crippen LogP contribution in [0.1, 0.15) is 63.5 Å². The highest BCUT2D eigenvalue weighted by Crippen LogP contribution is 2.27. The number of rotatable bonds is 9. The molecule has 22 heavy (non-hydrogen) atoms. The van der Waals surface area contributed by atoms with E-state index in [1.165, 1.54) is 51.4 Å². The summed E-state index contributed by atoms with van der Waals surface area (Å²) >= 11 is 0. The van der Waals surface area contributed by atoms with Crippen LogP contribution in [0.25, 0.3) is 0 Å². The second-order valence-corrected chi connectivity index (χ2v) is 6.37. The van der Waals surface area contributed by atoms with Gasteiger partial charge in [0.1, 0.15) is 0 Å². The molecule has 1 aliphatic carbocycles. The molecule has 1 heterocycles. The van der Waals surface area contributed by atoms with E-state index < -0.39 is 0 Å². The molecule has 1 aliphatic rings. The number of nitrogens with one attached hydrogen (secondary N) is 2. The molecule has 1 saturated carbocycles. The zero-order chi connectivity index (χ0) is 15.5. The van der Waals surface area contributed by atoms with Gasteiger partial charge in [-0.25, -0.2) is 4.98 Å². The van der Waals surface area contributed by atoms with Crippen LogP contribution in [0.3, 0.4) is 0 Å². The monoisotopic (exact) mass is 305 g/mol. The third-order valence-corrected chi connectivity index (χ3v) is 4.51. The Bertz CT molecular complexity index is 407. The number of unbranched alkanes of at least 4 members (excludes halogenated alkanes) is 1. The van der Waals surface area contributed by atoms with Crippen LogP contribution in [0.2, 0.25) is 0 Å². The van der Waals surface area contributed by atoms with Crippen LogP contribution < -0.4 is 11.1 Å². The molecule has 0 radical (unpaired) electrons. The van der Waals surface area contributed by atoms with Crippen molar-refractivity contribution in [2.45, 2.75) is 64.2 Å². The first-order valence-electron chi connectivity index (χ1n) is 8.85. The molecule has 4 N–H and O–H groups in total. The minimum Gasteiger partial charge on any atom is -0.370 e. The predicted molar refractivity (Wildman–Crippen MR) is 91.8 cm³/mol. The van der Waals surface area contributed by atoms with E-state index in [0.29, 0.717) is 5.96 Å². The smallest absolute Gasteiger partial charge is 0.188 e. The van der Waals surface area contributed by atoms with E-state index in [-0.39, 0.29) is 0 Å². The van der Waals surface area contributed by atoms with Crippen molar-refractivity contribution in [3.8, 4) is 0 Å². The van der Waals surface area contributed by atoms with Gasteiger partial charge in [0.25, 0.3) is 0 Å². The standard InChI is InChI=1S/C17H31N5/c18-17(21-12-6-10-16-13-19-14-22-16)20-11-5-4-9-15-7-2-1-3-8-15/h13-15H,1-12H2,(H,19,22)(H3,18,20,21). The molecule has 0 aromatic carbocycles. The zero-order valence-corrected chi connectivity index (χ0v) is 13.7. The van der Waals surface area contributed by atoms with Crippen molar-refractivity contribution < 1.29 is 0 Å². The molecule has 0 bridgehead atoms. The third-order valence-electron chi connectivity index (χ3n) is 4.51. The summed E-state index contributed by atoms with van der Waals surface area (Å²) in [5, 5.41) is 3.22. The lowest BCUT2D eigenvalue weighted by atomic mass is 9.86. The van der Waals surface area contributed by atoms with E-state index in [2.05, 4.69) is 20.3 Å². The summed E-state index contributed by atoms with van der Waals surface area (Å²) in [4.78, 5) is 11.5. The lowest BCUT2D eigenvalue weighted by molar-refractivity contribution is 0.330. The second-order valence-electron chi connectivity index (χ2n) is 6.37. The molecular weight excluding hydrogens is 274 g/mol. The molecule has 0 atom stereocenters. The largest absolute Gasteiger partial charge is 0.370 e. The van der Waals surface area contributed by atoms with Gasteiger partial charge in [0.15, 0.2) is 5.96 Å². The molecule has 0 aliphatic heterocycles. The zero-order valence-electron chi connectivity index (χ0n) is 13.7. The van der Waals surface area contributed by atoms with Gasteiger partial charge in [-0.2, -0.15) is 0 Å². The Hall–Kier alpha value is -1.52. The Labute approximate surface area is 134 Å². The molecule has 0 spiro atoms. The SMILES string of the molecule is NC(=NCCCc1cnc[nH]1)NCCCCC1CCCCC1. The third kappa shape index (κ3) is 6.96. The number of aliphatic imine (C=N–C) groups is 1. The summed E-state index contributed by atoms with van der Waals surface area (Å²) in [5.41, 5.74) is 7.03. The van der Waals surface area contributed by atoms with Gasteiger partial charge < -0.3 is 16.0 Å². The number of imidazole rings is 1. The van der Waals surface area contributed by atoms with Crippen LogP contribution in [-0.4, -0.2) is 29.0 Å². The summed E-state index contributed by atoms with van der Waals surface area (Å²) < 4.78 is 0. The quantitative estimate of drug-likeness (QED) is 0.373. The van der Waals surface area contributed by atoms with E-state index in [9.17, 15) is 0 Å². The predicted octanol–water partition coefficient (Wildman–Crippen LogP) is 3.00. The van der Waals surface area contributed by atoms with Crippen LogP contribution in [0, 0.1) is 5.92 Å². The summed E-state index contributed by atoms with van der Waals surface area (Å²) in [6.07, 6.45) is 16.7. The van der Waals surface area contributed by atoms with E-state index in [1.54, 1.807) is 6.33 Å². The highest BCUT2D eigenvalue weighted by atomic mass is 15.1. The van der Waals surface area contributed by atoms with E-state index >= 15 is 0 Å². The van der Waals surface area contributed by atoms with Crippen molar-refractivity contribution in [2.24, 2.45) is 16.6 Å². The van der Waals surface area contributed by atoms with Crippen molar-refractivity contribution in [1.82, 2.24) is 15.3 Å². The van der Waals surface area contributed by atoms with Crippen LogP contribution in [0.15, 0.2) is 17.5 Å². The molecule has 1 fully saturated rings. The molecule has 5 heteroatoms. The molecule has 2 rings (SSSR count). The minimum atomic E-state index is 0.585. The molecule has 0 saturated heterocycles. The Morgan fingerprint density at radius 1 is 1.27 bits per heavy atom. The first kappa shape index (κ1) is 16.8. The topological polar surface area (TPSA) is 79.1 Å². The van der Waals surface area contributed by atoms with Gasteiger partial charge in [0.2, 0.25) is 0 Å². The van der Waals surface area contributed by atoms with Crippen molar-refractivity contribution in [1.29, 1.82) is 0 Å². The fraction of sp³-hybridized carbons (Fsp3) is 0.765. The Balaban J connectivity index is 1.44. The normalized spacial score (nSPS) is 16.8. The van der Waals surface area contributed by atoms with Crippen molar-refractivity contribution in [3.63, 3.8) is 0 Å². The highest BCUT2D eigenvalue weighted by molar-refractivity contribution is 5.77. The van der Waals surface area contributed by atoms with Crippen LogP contribution in [-0.2, 0) is 6.42 Å². The van der Waals surface area contributed by atoms with Crippen LogP contribution in [0.5, 0.6) is 0 Å². The number of nitrogens with zero attached hydrogens (tertiary/aromatic N) is 2. The van der Waals surface area contributed by atoms with Crippen molar-refractivity contribution >= 4 is 5.96 Å². The van der Waals surface area contributed by atoms with E-state index in [4.69, 9.17) is 5.73 Å². The highest BCUT2D eigenvalue weighted by Gasteiger charge is 2.12. The summed E-state index contributed by atoms with van der Waals surface area (Å²) in [6.45, 7) is 1.71. The second kappa shape index (κ2) is 10.2. The number of hydrogen-bond acceptors (Lipinski definition) is 2. The number of nitrogens with two attached hydrogens (primary N) is 1. The first-order chi connectivity index (χ1) is 10.8. The van der Waals surface area contributed by atoms with Gasteiger partial charge in [0.05, 0.1) is 6.33 Å². The van der Waals surface area contributed by atoms with Crippen LogP contribution >= 0.6 is 0 Å². The summed E-state index contributed by atoms with van der Waals surface area (Å²) in [5.74, 6) is 1.57. The van der Waals surface area contributed by atoms with E-state index in [0.717, 1.165) is 37.5 Å². The average molecular weight is 305 g/mol. The number of hydrogen-bond donors (Lipinski definition) is 3. The number of aromatic amines is 1. The fourth-order valence-electron chi connectivity index (χ4n) is 3.20. The van der Waals surface area contributed by atoms with Gasteiger partial charge >= 0.3 is 0 Å². The molecule has 1 aromatic heterocycles. The van der Waals surface area contributed by atoms with Crippen molar-refractivity contribution in [3.05, 3.63) is 18.2 Å². The maximum absolute atomic E-state index is 5.88. The molecule has 1 aromatic rings. The Morgan fingerprint density at radius 2 is 2.14 bits per heavy atom. The van der Waals surface area contributed by atoms with E-state index in [1.807, 2.05) is 6.20 Å². The lowest BCUT2D eigenvalue weighted by Gasteiger charge is -2.21. The molecule has 5 nitrogen and oxygen atoms in total. The van der Waals surface area contributed by atoms with Gasteiger partial charge in [-0.1, -0.05) is 44.9 Å². The van der Waals surface area contributed by atoms with Crippen molar-refractivity contribution in [2.75, 3.05) is 13.1 Å². The maximum Gasteiger partial charge on any atom is 0.188 e. The Kier molecular flexibility index (Phi) is 7.85. The summed E-state index contributed by atoms with van der Waals surface area (Å²) in [7, 11) is 0. The Morgan fingerprint density at radius 3 is 2.91 bits per heavy atom. The molecule has 124 valence electrons. The van der Waals surface area contributed by atoms with Gasteiger partial charge in [-0.15, -0.1) is 0 Å². The van der Waals surface area contributed by atoms with Gasteiger partial charge in [-0.05, 0) is 25.2 Å². The lowest BCUT2D eigenvalue weighted by Crippen LogP contribution is -2.32. The summed E-state index contributed by atoms with van der Waals surface area (Å²) in [6, 6.07) is 0. The minimum absolute atomic E-state index is 0.585.